The van der Waals surface area contributed by atoms with Crippen LogP contribution in [0.1, 0.15) is 49.7 Å². The lowest BCUT2D eigenvalue weighted by molar-refractivity contribution is 0.0944. The fourth-order valence-electron chi connectivity index (χ4n) is 2.28. The van der Waals surface area contributed by atoms with Crippen LogP contribution in [-0.4, -0.2) is 27.8 Å². The highest BCUT2D eigenvalue weighted by atomic mass is 35.5. The van der Waals surface area contributed by atoms with Crippen molar-refractivity contribution in [3.8, 4) is 5.69 Å². The average molecular weight is 371 g/mol. The molecule has 7 heteroatoms. The first-order valence-corrected chi connectivity index (χ1v) is 7.98. The molecule has 0 aliphatic rings. The average Bonchev–Trinajstić information content (AvgIpc) is 2.90. The molecule has 2 rings (SSSR count). The molecular formula is C17H24Cl2N4O. The van der Waals surface area contributed by atoms with E-state index in [-0.39, 0.29) is 24.2 Å². The molecule has 0 saturated carbocycles. The largest absolute Gasteiger partial charge is 0.350 e. The minimum Gasteiger partial charge on any atom is -0.350 e. The summed E-state index contributed by atoms with van der Waals surface area (Å²) in [5.74, 6) is -0.0211. The number of rotatable bonds is 5. The van der Waals surface area contributed by atoms with E-state index >= 15 is 0 Å². The fraction of sp³-hybridized carbons (Fsp3) is 0.412. The van der Waals surface area contributed by atoms with Crippen molar-refractivity contribution in [2.75, 3.05) is 6.54 Å². The second-order valence-corrected chi connectivity index (χ2v) is 7.09. The maximum absolute atomic E-state index is 12.5. The predicted octanol–water partition coefficient (Wildman–Crippen LogP) is 3.54. The number of hydrogen-bond donors (Lipinski definition) is 2. The van der Waals surface area contributed by atoms with Gasteiger partial charge in [0, 0.05) is 17.1 Å². The molecule has 0 atom stereocenters. The van der Waals surface area contributed by atoms with E-state index in [1.54, 1.807) is 23.0 Å². The summed E-state index contributed by atoms with van der Waals surface area (Å²) in [6, 6.07) is 7.37. The summed E-state index contributed by atoms with van der Waals surface area (Å²) < 4.78 is 1.78. The summed E-state index contributed by atoms with van der Waals surface area (Å²) in [5, 5.41) is 7.92. The van der Waals surface area contributed by atoms with Crippen LogP contribution < -0.4 is 11.1 Å². The molecule has 0 aliphatic heterocycles. The third-order valence-electron chi connectivity index (χ3n) is 3.37. The van der Waals surface area contributed by atoms with Crippen molar-refractivity contribution in [3.63, 3.8) is 0 Å². The lowest BCUT2D eigenvalue weighted by Gasteiger charge is -2.19. The van der Waals surface area contributed by atoms with Crippen LogP contribution in [0.2, 0.25) is 5.02 Å². The zero-order valence-electron chi connectivity index (χ0n) is 14.3. The molecule has 3 N–H and O–H groups in total. The molecule has 2 aromatic rings. The molecular weight excluding hydrogens is 347 g/mol. The summed E-state index contributed by atoms with van der Waals surface area (Å²) >= 11 is 5.94. The number of halogens is 2. The molecule has 0 unspecified atom stereocenters. The lowest BCUT2D eigenvalue weighted by Crippen LogP contribution is -2.45. The van der Waals surface area contributed by atoms with Gasteiger partial charge in [-0.25, -0.2) is 4.68 Å². The number of amides is 1. The van der Waals surface area contributed by atoms with Crippen molar-refractivity contribution < 1.29 is 4.79 Å². The van der Waals surface area contributed by atoms with Gasteiger partial charge in [-0.15, -0.1) is 12.4 Å². The molecule has 0 fully saturated rings. The zero-order valence-corrected chi connectivity index (χ0v) is 15.9. The first kappa shape index (κ1) is 20.5. The van der Waals surface area contributed by atoms with Crippen LogP contribution in [0.15, 0.2) is 30.5 Å². The Labute approximate surface area is 154 Å². The van der Waals surface area contributed by atoms with Crippen molar-refractivity contribution in [1.29, 1.82) is 0 Å². The number of nitrogens with one attached hydrogen (secondary N) is 1. The Kier molecular flexibility index (Phi) is 6.84. The lowest BCUT2D eigenvalue weighted by atomic mass is 10.0. The van der Waals surface area contributed by atoms with E-state index in [1.165, 1.54) is 0 Å². The number of hydrogen-bond acceptors (Lipinski definition) is 3. The van der Waals surface area contributed by atoms with E-state index < -0.39 is 5.54 Å². The monoisotopic (exact) mass is 370 g/mol. The summed E-state index contributed by atoms with van der Waals surface area (Å²) in [5.41, 5.74) is 7.76. The highest BCUT2D eigenvalue weighted by Gasteiger charge is 2.22. The maximum atomic E-state index is 12.5. The first-order chi connectivity index (χ1) is 10.7. The Balaban J connectivity index is 0.00000288. The van der Waals surface area contributed by atoms with E-state index in [0.29, 0.717) is 17.1 Å². The van der Waals surface area contributed by atoms with Gasteiger partial charge in [0.25, 0.3) is 5.91 Å². The van der Waals surface area contributed by atoms with E-state index in [1.807, 2.05) is 39.8 Å². The number of nitrogens with zero attached hydrogens (tertiary/aromatic N) is 2. The molecule has 0 saturated heterocycles. The molecule has 0 spiro atoms. The number of nitrogens with two attached hydrogens (primary N) is 1. The van der Waals surface area contributed by atoms with Crippen LogP contribution >= 0.6 is 24.0 Å². The first-order valence-electron chi connectivity index (χ1n) is 7.60. The fourth-order valence-corrected chi connectivity index (χ4v) is 2.41. The van der Waals surface area contributed by atoms with Gasteiger partial charge >= 0.3 is 0 Å². The Morgan fingerprint density at radius 1 is 1.33 bits per heavy atom. The Hall–Kier alpha value is -1.56. The zero-order chi connectivity index (χ0) is 17.2. The molecule has 132 valence electrons. The number of carbonyl (C=O) groups is 1. The van der Waals surface area contributed by atoms with E-state index in [4.69, 9.17) is 17.3 Å². The van der Waals surface area contributed by atoms with Crippen LogP contribution in [0.4, 0.5) is 0 Å². The Morgan fingerprint density at radius 2 is 1.92 bits per heavy atom. The SMILES string of the molecule is CC(C)c1c(C(=O)NCC(C)(C)N)cnn1-c1ccc(Cl)cc1.Cl. The van der Waals surface area contributed by atoms with Crippen LogP contribution in [0.5, 0.6) is 0 Å². The van der Waals surface area contributed by atoms with Gasteiger partial charge in [0.2, 0.25) is 0 Å². The molecule has 0 radical (unpaired) electrons. The van der Waals surface area contributed by atoms with Crippen molar-refractivity contribution in [2.24, 2.45) is 5.73 Å². The summed E-state index contributed by atoms with van der Waals surface area (Å²) in [6.45, 7) is 8.21. The van der Waals surface area contributed by atoms with Crippen molar-refractivity contribution >= 4 is 29.9 Å². The topological polar surface area (TPSA) is 72.9 Å². The highest BCUT2D eigenvalue weighted by Crippen LogP contribution is 2.24. The van der Waals surface area contributed by atoms with Gasteiger partial charge < -0.3 is 11.1 Å². The minimum atomic E-state index is -0.459. The van der Waals surface area contributed by atoms with E-state index in [9.17, 15) is 4.79 Å². The number of carbonyl (C=O) groups excluding carboxylic acids is 1. The number of benzene rings is 1. The number of aromatic nitrogens is 2. The summed E-state index contributed by atoms with van der Waals surface area (Å²) in [4.78, 5) is 12.5. The molecule has 0 bridgehead atoms. The van der Waals surface area contributed by atoms with Crippen molar-refractivity contribution in [2.45, 2.75) is 39.2 Å². The normalized spacial score (nSPS) is 11.3. The molecule has 1 aromatic heterocycles. The third-order valence-corrected chi connectivity index (χ3v) is 3.63. The third kappa shape index (κ3) is 4.97. The Morgan fingerprint density at radius 3 is 2.42 bits per heavy atom. The molecule has 1 aromatic carbocycles. The van der Waals surface area contributed by atoms with Gasteiger partial charge in [-0.1, -0.05) is 25.4 Å². The molecule has 1 heterocycles. The highest BCUT2D eigenvalue weighted by molar-refractivity contribution is 6.30. The summed E-state index contributed by atoms with van der Waals surface area (Å²) in [7, 11) is 0. The quantitative estimate of drug-likeness (QED) is 0.844. The molecule has 5 nitrogen and oxygen atoms in total. The van der Waals surface area contributed by atoms with Gasteiger partial charge in [-0.05, 0) is 44.0 Å². The van der Waals surface area contributed by atoms with Gasteiger partial charge in [0.05, 0.1) is 23.1 Å². The second kappa shape index (κ2) is 8.01. The molecule has 1 amide bonds. The van der Waals surface area contributed by atoms with E-state index in [2.05, 4.69) is 10.4 Å². The van der Waals surface area contributed by atoms with Gasteiger partial charge in [-0.2, -0.15) is 5.10 Å². The van der Waals surface area contributed by atoms with Crippen LogP contribution in [0, 0.1) is 0 Å². The Bertz CT molecular complexity index is 688. The van der Waals surface area contributed by atoms with E-state index in [0.717, 1.165) is 11.4 Å². The minimum absolute atomic E-state index is 0. The van der Waals surface area contributed by atoms with Crippen molar-refractivity contribution in [1.82, 2.24) is 15.1 Å². The molecule has 0 aliphatic carbocycles. The van der Waals surface area contributed by atoms with Gasteiger partial charge in [0.1, 0.15) is 0 Å². The smallest absolute Gasteiger partial charge is 0.254 e. The second-order valence-electron chi connectivity index (χ2n) is 6.66. The van der Waals surface area contributed by atoms with Crippen LogP contribution in [-0.2, 0) is 0 Å². The molecule has 24 heavy (non-hydrogen) atoms. The maximum Gasteiger partial charge on any atom is 0.254 e. The predicted molar refractivity (Wildman–Crippen MR) is 101 cm³/mol. The van der Waals surface area contributed by atoms with Crippen LogP contribution in [0.25, 0.3) is 5.69 Å². The van der Waals surface area contributed by atoms with Gasteiger partial charge in [0.15, 0.2) is 0 Å². The van der Waals surface area contributed by atoms with Crippen LogP contribution in [0.3, 0.4) is 0 Å². The van der Waals surface area contributed by atoms with Gasteiger partial charge in [-0.3, -0.25) is 4.79 Å². The van der Waals surface area contributed by atoms with Crippen molar-refractivity contribution in [3.05, 3.63) is 46.7 Å². The summed E-state index contributed by atoms with van der Waals surface area (Å²) in [6.07, 6.45) is 1.60. The standard InChI is InChI=1S/C17H23ClN4O.ClH/c1-11(2)15-14(16(23)20-10-17(3,4)19)9-21-22(15)13-7-5-12(18)6-8-13;/h5-9,11H,10,19H2,1-4H3,(H,20,23);1H.